The average molecular weight is 390 g/mol. The number of nitrogens with one attached hydrogen (secondary N) is 1. The fourth-order valence-corrected chi connectivity index (χ4v) is 3.44. The van der Waals surface area contributed by atoms with Gasteiger partial charge in [-0.1, -0.05) is 36.4 Å². The number of amides is 2. The van der Waals surface area contributed by atoms with Crippen LogP contribution in [-0.2, 0) is 4.79 Å². The van der Waals surface area contributed by atoms with Gasteiger partial charge in [-0.3, -0.25) is 9.59 Å². The molecule has 6 heteroatoms. The number of hydrogen-bond acceptors (Lipinski definition) is 3. The van der Waals surface area contributed by atoms with Crippen molar-refractivity contribution in [1.29, 1.82) is 0 Å². The molecule has 6 nitrogen and oxygen atoms in total. The van der Waals surface area contributed by atoms with Crippen molar-refractivity contribution in [2.24, 2.45) is 0 Å². The summed E-state index contributed by atoms with van der Waals surface area (Å²) in [5.41, 5.74) is 5.58. The van der Waals surface area contributed by atoms with Crippen LogP contribution in [0.5, 0.6) is 0 Å². The number of para-hydroxylation sites is 2. The lowest BCUT2D eigenvalue weighted by Crippen LogP contribution is -2.35. The number of anilines is 1. The maximum absolute atomic E-state index is 13.0. The van der Waals surface area contributed by atoms with E-state index in [9.17, 15) is 9.59 Å². The van der Waals surface area contributed by atoms with Crippen LogP contribution in [-0.4, -0.2) is 40.1 Å². The molecular formula is C23H26N4O2. The Labute approximate surface area is 171 Å². The van der Waals surface area contributed by atoms with E-state index in [4.69, 9.17) is 0 Å². The van der Waals surface area contributed by atoms with Gasteiger partial charge in [-0.15, -0.1) is 0 Å². The first kappa shape index (κ1) is 20.3. The van der Waals surface area contributed by atoms with Crippen LogP contribution in [0.4, 0.5) is 5.69 Å². The zero-order chi connectivity index (χ0) is 21.1. The zero-order valence-corrected chi connectivity index (χ0v) is 17.5. The fourth-order valence-electron chi connectivity index (χ4n) is 3.44. The molecule has 0 bridgehead atoms. The largest absolute Gasteiger partial charge is 0.332 e. The van der Waals surface area contributed by atoms with Crippen LogP contribution >= 0.6 is 0 Å². The Hall–Kier alpha value is -3.41. The minimum atomic E-state index is -0.232. The third kappa shape index (κ3) is 4.21. The maximum Gasteiger partial charge on any atom is 0.257 e. The van der Waals surface area contributed by atoms with Gasteiger partial charge in [-0.2, -0.15) is 5.10 Å². The molecule has 0 aliphatic carbocycles. The molecule has 0 unspecified atom stereocenters. The SMILES string of the molecule is Cc1cccc(C)c1NC(=O)CN(C)C(=O)c1c(C)nn(-c2ccccc2)c1C. The summed E-state index contributed by atoms with van der Waals surface area (Å²) in [7, 11) is 1.63. The van der Waals surface area contributed by atoms with Crippen molar-refractivity contribution in [3.63, 3.8) is 0 Å². The number of nitrogens with zero attached hydrogens (tertiary/aromatic N) is 3. The van der Waals surface area contributed by atoms with E-state index in [-0.39, 0.29) is 18.4 Å². The number of carbonyl (C=O) groups excluding carboxylic acids is 2. The summed E-state index contributed by atoms with van der Waals surface area (Å²) in [6.07, 6.45) is 0. The van der Waals surface area contributed by atoms with Crippen LogP contribution in [0.1, 0.15) is 32.9 Å². The van der Waals surface area contributed by atoms with Gasteiger partial charge in [0.25, 0.3) is 5.91 Å². The minimum absolute atomic E-state index is 0.0397. The van der Waals surface area contributed by atoms with Gasteiger partial charge in [-0.05, 0) is 51.0 Å². The van der Waals surface area contributed by atoms with Gasteiger partial charge >= 0.3 is 0 Å². The summed E-state index contributed by atoms with van der Waals surface area (Å²) in [4.78, 5) is 27.0. The summed E-state index contributed by atoms with van der Waals surface area (Å²) in [5, 5.41) is 7.44. The standard InChI is InChI=1S/C23H26N4O2/c1-15-10-9-11-16(2)22(15)24-20(28)14-26(5)23(29)21-17(3)25-27(18(21)4)19-12-7-6-8-13-19/h6-13H,14H2,1-5H3,(H,24,28). The van der Waals surface area contributed by atoms with Crippen molar-refractivity contribution in [3.8, 4) is 5.69 Å². The Morgan fingerprint density at radius 3 is 2.21 bits per heavy atom. The van der Waals surface area contributed by atoms with E-state index < -0.39 is 0 Å². The van der Waals surface area contributed by atoms with Crippen molar-refractivity contribution in [1.82, 2.24) is 14.7 Å². The molecule has 150 valence electrons. The van der Waals surface area contributed by atoms with Crippen LogP contribution in [0.15, 0.2) is 48.5 Å². The van der Waals surface area contributed by atoms with Gasteiger partial charge in [-0.25, -0.2) is 4.68 Å². The first-order chi connectivity index (χ1) is 13.8. The molecule has 0 radical (unpaired) electrons. The number of rotatable bonds is 5. The van der Waals surface area contributed by atoms with E-state index in [0.29, 0.717) is 11.3 Å². The molecule has 0 fully saturated rings. The van der Waals surface area contributed by atoms with E-state index in [1.165, 1.54) is 4.90 Å². The van der Waals surface area contributed by atoms with Crippen LogP contribution in [0, 0.1) is 27.7 Å². The number of benzene rings is 2. The van der Waals surface area contributed by atoms with Crippen molar-refractivity contribution in [3.05, 3.63) is 76.6 Å². The smallest absolute Gasteiger partial charge is 0.257 e. The molecular weight excluding hydrogens is 364 g/mol. The van der Waals surface area contributed by atoms with Crippen molar-refractivity contribution >= 4 is 17.5 Å². The summed E-state index contributed by atoms with van der Waals surface area (Å²) in [6, 6.07) is 15.5. The quantitative estimate of drug-likeness (QED) is 0.720. The molecule has 0 saturated carbocycles. The van der Waals surface area contributed by atoms with E-state index in [0.717, 1.165) is 28.2 Å². The number of aryl methyl sites for hydroxylation is 3. The van der Waals surface area contributed by atoms with Crippen molar-refractivity contribution in [2.45, 2.75) is 27.7 Å². The van der Waals surface area contributed by atoms with Crippen molar-refractivity contribution < 1.29 is 9.59 Å². The molecule has 1 heterocycles. The Morgan fingerprint density at radius 2 is 1.59 bits per heavy atom. The molecule has 0 atom stereocenters. The second-order valence-electron chi connectivity index (χ2n) is 7.27. The fraction of sp³-hybridized carbons (Fsp3) is 0.261. The molecule has 1 N–H and O–H groups in total. The van der Waals surface area contributed by atoms with E-state index >= 15 is 0 Å². The highest BCUT2D eigenvalue weighted by Gasteiger charge is 2.23. The predicted octanol–water partition coefficient (Wildman–Crippen LogP) is 3.82. The van der Waals surface area contributed by atoms with Gasteiger partial charge in [0.2, 0.25) is 5.91 Å². The third-order valence-electron chi connectivity index (χ3n) is 4.98. The van der Waals surface area contributed by atoms with E-state index in [1.807, 2.05) is 76.2 Å². The second kappa shape index (κ2) is 8.31. The van der Waals surface area contributed by atoms with Gasteiger partial charge < -0.3 is 10.2 Å². The number of aromatic nitrogens is 2. The number of hydrogen-bond donors (Lipinski definition) is 1. The van der Waals surface area contributed by atoms with Gasteiger partial charge in [0.1, 0.15) is 0 Å². The average Bonchev–Trinajstić information content (AvgIpc) is 2.99. The highest BCUT2D eigenvalue weighted by Crippen LogP contribution is 2.21. The molecule has 0 aliphatic heterocycles. The van der Waals surface area contributed by atoms with Gasteiger partial charge in [0.15, 0.2) is 0 Å². The summed E-state index contributed by atoms with van der Waals surface area (Å²) >= 11 is 0. The number of carbonyl (C=O) groups is 2. The van der Waals surface area contributed by atoms with E-state index in [2.05, 4.69) is 10.4 Å². The molecule has 2 aromatic carbocycles. The van der Waals surface area contributed by atoms with Gasteiger partial charge in [0, 0.05) is 12.7 Å². The molecule has 3 rings (SSSR count). The summed E-state index contributed by atoms with van der Waals surface area (Å²) in [5.74, 6) is -0.456. The first-order valence-electron chi connectivity index (χ1n) is 9.52. The molecule has 0 aliphatic rings. The van der Waals surface area contributed by atoms with Gasteiger partial charge in [0.05, 0.1) is 29.2 Å². The Morgan fingerprint density at radius 1 is 0.966 bits per heavy atom. The topological polar surface area (TPSA) is 67.2 Å². The highest BCUT2D eigenvalue weighted by atomic mass is 16.2. The van der Waals surface area contributed by atoms with Crippen LogP contribution < -0.4 is 5.32 Å². The molecule has 3 aromatic rings. The molecule has 29 heavy (non-hydrogen) atoms. The Kier molecular flexibility index (Phi) is 5.82. The Balaban J connectivity index is 1.77. The van der Waals surface area contributed by atoms with Crippen LogP contribution in [0.2, 0.25) is 0 Å². The molecule has 0 spiro atoms. The summed E-state index contributed by atoms with van der Waals surface area (Å²) < 4.78 is 1.76. The molecule has 1 aromatic heterocycles. The highest BCUT2D eigenvalue weighted by molar-refractivity contribution is 6.01. The zero-order valence-electron chi connectivity index (χ0n) is 17.5. The van der Waals surface area contributed by atoms with Crippen LogP contribution in [0.3, 0.4) is 0 Å². The maximum atomic E-state index is 13.0. The lowest BCUT2D eigenvalue weighted by Gasteiger charge is -2.18. The van der Waals surface area contributed by atoms with Crippen molar-refractivity contribution in [2.75, 3.05) is 18.9 Å². The lowest BCUT2D eigenvalue weighted by molar-refractivity contribution is -0.116. The van der Waals surface area contributed by atoms with E-state index in [1.54, 1.807) is 11.7 Å². The lowest BCUT2D eigenvalue weighted by atomic mass is 10.1. The summed E-state index contributed by atoms with van der Waals surface area (Å²) in [6.45, 7) is 7.53. The normalized spacial score (nSPS) is 10.7. The third-order valence-corrected chi connectivity index (χ3v) is 4.98. The van der Waals surface area contributed by atoms with Crippen LogP contribution in [0.25, 0.3) is 5.69 Å². The Bertz CT molecular complexity index is 1030. The second-order valence-corrected chi connectivity index (χ2v) is 7.27. The molecule has 0 saturated heterocycles. The molecule has 2 amide bonds. The minimum Gasteiger partial charge on any atom is -0.332 e. The first-order valence-corrected chi connectivity index (χ1v) is 9.52. The number of likely N-dealkylation sites (N-methyl/N-ethyl adjacent to an activating group) is 1. The monoisotopic (exact) mass is 390 g/mol. The predicted molar refractivity (Wildman–Crippen MR) is 115 cm³/mol.